The molecular weight excluding hydrogens is 246 g/mol. The van der Waals surface area contributed by atoms with Crippen molar-refractivity contribution in [3.63, 3.8) is 0 Å². The minimum Gasteiger partial charge on any atom is -0.381 e. The fourth-order valence-electron chi connectivity index (χ4n) is 3.46. The van der Waals surface area contributed by atoms with Gasteiger partial charge in [0.25, 0.3) is 0 Å². The van der Waals surface area contributed by atoms with E-state index in [1.165, 1.54) is 37.2 Å². The molecule has 0 aliphatic carbocycles. The van der Waals surface area contributed by atoms with E-state index in [9.17, 15) is 0 Å². The molecule has 3 nitrogen and oxygen atoms in total. The highest BCUT2D eigenvalue weighted by Crippen LogP contribution is 2.34. The lowest BCUT2D eigenvalue weighted by atomic mass is 9.83. The first-order valence-electron chi connectivity index (χ1n) is 7.42. The summed E-state index contributed by atoms with van der Waals surface area (Å²) in [5.74, 6) is 2.67. The molecule has 0 aromatic heterocycles. The number of nitrogens with one attached hydrogen (secondary N) is 1. The molecule has 0 saturated carbocycles. The smallest absolute Gasteiger partial charge is 0.0741 e. The molecule has 1 N–H and O–H groups in total. The Bertz CT molecular complexity index is 257. The fraction of sp³-hybridized carbons (Fsp3) is 1.00. The van der Waals surface area contributed by atoms with Crippen LogP contribution >= 0.6 is 11.8 Å². The average molecular weight is 271 g/mol. The number of ether oxygens (including phenoxy) is 2. The minimum atomic E-state index is 0.136. The SMILES string of the molecule is C1CC2(CCO1)CC(NC1CCSCC1)CCO2. The van der Waals surface area contributed by atoms with Gasteiger partial charge >= 0.3 is 0 Å². The number of thioether (sulfide) groups is 1. The van der Waals surface area contributed by atoms with Crippen molar-refractivity contribution in [3.05, 3.63) is 0 Å². The highest BCUT2D eigenvalue weighted by Gasteiger charge is 2.39. The maximum atomic E-state index is 6.10. The van der Waals surface area contributed by atoms with Crippen LogP contribution in [0.25, 0.3) is 0 Å². The van der Waals surface area contributed by atoms with Crippen LogP contribution in [0.15, 0.2) is 0 Å². The predicted molar refractivity (Wildman–Crippen MR) is 75.2 cm³/mol. The van der Waals surface area contributed by atoms with E-state index in [1.807, 2.05) is 0 Å². The Hall–Kier alpha value is 0.230. The van der Waals surface area contributed by atoms with E-state index in [-0.39, 0.29) is 5.60 Å². The van der Waals surface area contributed by atoms with Gasteiger partial charge < -0.3 is 14.8 Å². The van der Waals surface area contributed by atoms with Gasteiger partial charge in [-0.25, -0.2) is 0 Å². The Labute approximate surface area is 114 Å². The third kappa shape index (κ3) is 3.21. The number of hydrogen-bond donors (Lipinski definition) is 1. The quantitative estimate of drug-likeness (QED) is 0.834. The van der Waals surface area contributed by atoms with Crippen molar-refractivity contribution in [2.45, 2.75) is 56.2 Å². The standard InChI is InChI=1S/C14H25NO2S/c1-6-17-14(4-7-16-8-5-14)11-13(1)15-12-2-9-18-10-3-12/h12-13,15H,1-11H2. The summed E-state index contributed by atoms with van der Waals surface area (Å²) in [7, 11) is 0. The Morgan fingerprint density at radius 1 is 0.944 bits per heavy atom. The van der Waals surface area contributed by atoms with Crippen molar-refractivity contribution in [2.75, 3.05) is 31.3 Å². The highest BCUT2D eigenvalue weighted by molar-refractivity contribution is 7.99. The van der Waals surface area contributed by atoms with E-state index in [4.69, 9.17) is 9.47 Å². The van der Waals surface area contributed by atoms with Crippen LogP contribution in [0.5, 0.6) is 0 Å². The van der Waals surface area contributed by atoms with Gasteiger partial charge in [-0.1, -0.05) is 0 Å². The molecule has 0 bridgehead atoms. The molecule has 0 aromatic carbocycles. The normalized spacial score (nSPS) is 33.7. The first-order chi connectivity index (χ1) is 8.86. The van der Waals surface area contributed by atoms with Crippen LogP contribution in [0.1, 0.15) is 38.5 Å². The van der Waals surface area contributed by atoms with E-state index < -0.39 is 0 Å². The van der Waals surface area contributed by atoms with E-state index >= 15 is 0 Å². The number of rotatable bonds is 2. The maximum absolute atomic E-state index is 6.10. The summed E-state index contributed by atoms with van der Waals surface area (Å²) in [5.41, 5.74) is 0.136. The minimum absolute atomic E-state index is 0.136. The molecule has 3 aliphatic heterocycles. The Balaban J connectivity index is 1.52. The molecule has 1 atom stereocenters. The molecule has 0 aromatic rings. The van der Waals surface area contributed by atoms with Crippen LogP contribution in [0.3, 0.4) is 0 Å². The van der Waals surface area contributed by atoms with Gasteiger partial charge in [0.15, 0.2) is 0 Å². The van der Waals surface area contributed by atoms with Crippen molar-refractivity contribution in [1.82, 2.24) is 5.32 Å². The van der Waals surface area contributed by atoms with Gasteiger partial charge in [-0.2, -0.15) is 11.8 Å². The Morgan fingerprint density at radius 2 is 1.72 bits per heavy atom. The van der Waals surface area contributed by atoms with Crippen LogP contribution in [0.4, 0.5) is 0 Å². The molecule has 0 radical (unpaired) electrons. The van der Waals surface area contributed by atoms with Gasteiger partial charge in [0.1, 0.15) is 0 Å². The lowest BCUT2D eigenvalue weighted by molar-refractivity contribution is -0.141. The van der Waals surface area contributed by atoms with Crippen LogP contribution < -0.4 is 5.32 Å². The predicted octanol–water partition coefficient (Wildman–Crippen LogP) is 2.20. The van der Waals surface area contributed by atoms with Gasteiger partial charge in [0.2, 0.25) is 0 Å². The molecule has 3 fully saturated rings. The maximum Gasteiger partial charge on any atom is 0.0741 e. The zero-order chi connectivity index (χ0) is 12.3. The number of hydrogen-bond acceptors (Lipinski definition) is 4. The first kappa shape index (κ1) is 13.2. The second-order valence-electron chi connectivity index (χ2n) is 5.89. The van der Waals surface area contributed by atoms with Gasteiger partial charge in [-0.15, -0.1) is 0 Å². The first-order valence-corrected chi connectivity index (χ1v) is 8.57. The van der Waals surface area contributed by atoms with E-state index in [0.717, 1.165) is 38.7 Å². The monoisotopic (exact) mass is 271 g/mol. The van der Waals surface area contributed by atoms with E-state index in [0.29, 0.717) is 6.04 Å². The Morgan fingerprint density at radius 3 is 2.50 bits per heavy atom. The topological polar surface area (TPSA) is 30.5 Å². The molecule has 18 heavy (non-hydrogen) atoms. The largest absolute Gasteiger partial charge is 0.381 e. The van der Waals surface area contributed by atoms with Crippen LogP contribution in [0.2, 0.25) is 0 Å². The average Bonchev–Trinajstić information content (AvgIpc) is 2.41. The molecule has 104 valence electrons. The highest BCUT2D eigenvalue weighted by atomic mass is 32.2. The molecule has 3 aliphatic rings. The molecule has 3 heterocycles. The molecular formula is C14H25NO2S. The summed E-state index contributed by atoms with van der Waals surface area (Å²) in [6, 6.07) is 1.43. The zero-order valence-electron chi connectivity index (χ0n) is 11.2. The molecule has 3 saturated heterocycles. The van der Waals surface area contributed by atoms with Crippen LogP contribution in [-0.4, -0.2) is 49.0 Å². The molecule has 0 amide bonds. The zero-order valence-corrected chi connectivity index (χ0v) is 12.0. The fourth-order valence-corrected chi connectivity index (χ4v) is 4.57. The lowest BCUT2D eigenvalue weighted by Crippen LogP contribution is -2.52. The summed E-state index contributed by atoms with van der Waals surface area (Å²) in [6.07, 6.45) is 7.25. The van der Waals surface area contributed by atoms with Gasteiger partial charge in [-0.3, -0.25) is 0 Å². The molecule has 1 unspecified atom stereocenters. The van der Waals surface area contributed by atoms with Crippen molar-refractivity contribution < 1.29 is 9.47 Å². The van der Waals surface area contributed by atoms with E-state index in [2.05, 4.69) is 17.1 Å². The van der Waals surface area contributed by atoms with Crippen molar-refractivity contribution in [3.8, 4) is 0 Å². The molecule has 3 rings (SSSR count). The molecule has 4 heteroatoms. The summed E-state index contributed by atoms with van der Waals surface area (Å²) >= 11 is 2.10. The van der Waals surface area contributed by atoms with Crippen LogP contribution in [0, 0.1) is 0 Å². The third-order valence-electron chi connectivity index (χ3n) is 4.59. The van der Waals surface area contributed by atoms with Crippen LogP contribution in [-0.2, 0) is 9.47 Å². The summed E-state index contributed by atoms with van der Waals surface area (Å²) in [6.45, 7) is 2.69. The second-order valence-corrected chi connectivity index (χ2v) is 7.11. The summed E-state index contributed by atoms with van der Waals surface area (Å²) in [5, 5.41) is 3.90. The second kappa shape index (κ2) is 6.12. The van der Waals surface area contributed by atoms with Gasteiger partial charge in [-0.05, 0) is 50.0 Å². The third-order valence-corrected chi connectivity index (χ3v) is 5.64. The summed E-state index contributed by atoms with van der Waals surface area (Å²) < 4.78 is 11.6. The van der Waals surface area contributed by atoms with Crippen molar-refractivity contribution in [2.24, 2.45) is 0 Å². The van der Waals surface area contributed by atoms with Crippen molar-refractivity contribution in [1.29, 1.82) is 0 Å². The Kier molecular flexibility index (Phi) is 4.50. The van der Waals surface area contributed by atoms with Gasteiger partial charge in [0, 0.05) is 31.9 Å². The van der Waals surface area contributed by atoms with E-state index in [1.54, 1.807) is 0 Å². The molecule has 1 spiro atoms. The summed E-state index contributed by atoms with van der Waals surface area (Å²) in [4.78, 5) is 0. The van der Waals surface area contributed by atoms with Gasteiger partial charge in [0.05, 0.1) is 5.60 Å². The van der Waals surface area contributed by atoms with Crippen molar-refractivity contribution >= 4 is 11.8 Å². The lowest BCUT2D eigenvalue weighted by Gasteiger charge is -2.44.